The normalized spacial score (nSPS) is 27.2. The molecule has 0 radical (unpaired) electrons. The first-order valence-corrected chi connectivity index (χ1v) is 6.70. The second kappa shape index (κ2) is 5.19. The van der Waals surface area contributed by atoms with Crippen molar-refractivity contribution in [2.75, 3.05) is 19.8 Å². The minimum absolute atomic E-state index is 0.331. The number of aromatic nitrogens is 1. The molecule has 1 unspecified atom stereocenters. The second-order valence-corrected chi connectivity index (χ2v) is 5.00. The molecule has 0 amide bonds. The molecule has 1 N–H and O–H groups in total. The van der Waals surface area contributed by atoms with Crippen LogP contribution in [0.5, 0.6) is 0 Å². The van der Waals surface area contributed by atoms with Gasteiger partial charge in [0.25, 0.3) is 0 Å². The lowest BCUT2D eigenvalue weighted by atomic mass is 9.97. The van der Waals surface area contributed by atoms with Crippen molar-refractivity contribution < 1.29 is 9.15 Å². The zero-order chi connectivity index (χ0) is 11.5. The Labute approximate surface area is 102 Å². The van der Waals surface area contributed by atoms with Crippen molar-refractivity contribution in [2.24, 2.45) is 0 Å². The molecule has 0 bridgehead atoms. The van der Waals surface area contributed by atoms with Crippen molar-refractivity contribution >= 4 is 0 Å². The topological polar surface area (TPSA) is 47.3 Å². The highest BCUT2D eigenvalue weighted by molar-refractivity contribution is 5.07. The standard InChI is InChI=1S/C13H20N2O2/c1-2-6-14-11(3-1)13-15-12(9-17-13)10-4-7-16-8-5-10/h9-11,14H,1-8H2. The fourth-order valence-corrected chi connectivity index (χ4v) is 2.70. The van der Waals surface area contributed by atoms with Gasteiger partial charge in [0, 0.05) is 19.1 Å². The first-order valence-electron chi connectivity index (χ1n) is 6.70. The third-order valence-electron chi connectivity index (χ3n) is 3.79. The summed E-state index contributed by atoms with van der Waals surface area (Å²) >= 11 is 0. The molecular weight excluding hydrogens is 216 g/mol. The van der Waals surface area contributed by atoms with E-state index in [1.54, 1.807) is 0 Å². The van der Waals surface area contributed by atoms with Gasteiger partial charge in [0.15, 0.2) is 0 Å². The van der Waals surface area contributed by atoms with Gasteiger partial charge in [-0.25, -0.2) is 4.98 Å². The lowest BCUT2D eigenvalue weighted by Crippen LogP contribution is -2.27. The summed E-state index contributed by atoms with van der Waals surface area (Å²) in [5.74, 6) is 1.41. The van der Waals surface area contributed by atoms with Crippen LogP contribution in [-0.2, 0) is 4.74 Å². The molecule has 94 valence electrons. The van der Waals surface area contributed by atoms with Crippen molar-refractivity contribution in [3.05, 3.63) is 17.8 Å². The van der Waals surface area contributed by atoms with Crippen LogP contribution < -0.4 is 5.32 Å². The number of rotatable bonds is 2. The van der Waals surface area contributed by atoms with Crippen LogP contribution in [0.4, 0.5) is 0 Å². The molecule has 2 aliphatic rings. The Hall–Kier alpha value is -0.870. The minimum atomic E-state index is 0.331. The zero-order valence-electron chi connectivity index (χ0n) is 10.2. The Balaban J connectivity index is 1.68. The summed E-state index contributed by atoms with van der Waals surface area (Å²) in [5, 5.41) is 3.47. The van der Waals surface area contributed by atoms with Gasteiger partial charge in [-0.1, -0.05) is 6.42 Å². The number of piperidine rings is 1. The first-order chi connectivity index (χ1) is 8.43. The number of oxazole rings is 1. The lowest BCUT2D eigenvalue weighted by molar-refractivity contribution is 0.0845. The summed E-state index contributed by atoms with van der Waals surface area (Å²) in [6.45, 7) is 2.79. The third kappa shape index (κ3) is 2.53. The number of ether oxygens (including phenoxy) is 1. The SMILES string of the molecule is c1oc(C2CCCCN2)nc1C1CCOCC1. The molecule has 2 aliphatic heterocycles. The van der Waals surface area contributed by atoms with Crippen LogP contribution in [-0.4, -0.2) is 24.7 Å². The number of nitrogens with zero attached hydrogens (tertiary/aromatic N) is 1. The number of hydrogen-bond donors (Lipinski definition) is 1. The average Bonchev–Trinajstić information content (AvgIpc) is 2.90. The van der Waals surface area contributed by atoms with Crippen LogP contribution in [0.25, 0.3) is 0 Å². The molecule has 17 heavy (non-hydrogen) atoms. The summed E-state index contributed by atoms with van der Waals surface area (Å²) < 4.78 is 11.0. The summed E-state index contributed by atoms with van der Waals surface area (Å²) in [6, 6.07) is 0.331. The molecular formula is C13H20N2O2. The fraction of sp³-hybridized carbons (Fsp3) is 0.769. The predicted octanol–water partition coefficient (Wildman–Crippen LogP) is 2.38. The fourth-order valence-electron chi connectivity index (χ4n) is 2.70. The van der Waals surface area contributed by atoms with Crippen molar-refractivity contribution in [1.29, 1.82) is 0 Å². The van der Waals surface area contributed by atoms with Crippen molar-refractivity contribution in [3.63, 3.8) is 0 Å². The molecule has 4 nitrogen and oxygen atoms in total. The summed E-state index contributed by atoms with van der Waals surface area (Å²) in [6.07, 6.45) is 7.68. The van der Waals surface area contributed by atoms with Gasteiger partial charge in [-0.05, 0) is 32.2 Å². The van der Waals surface area contributed by atoms with Crippen molar-refractivity contribution in [3.8, 4) is 0 Å². The maximum Gasteiger partial charge on any atom is 0.211 e. The Morgan fingerprint density at radius 2 is 2.06 bits per heavy atom. The van der Waals surface area contributed by atoms with E-state index in [1.165, 1.54) is 12.8 Å². The Kier molecular flexibility index (Phi) is 3.43. The highest BCUT2D eigenvalue weighted by Crippen LogP contribution is 2.29. The molecule has 2 fully saturated rings. The average molecular weight is 236 g/mol. The molecule has 4 heteroatoms. The molecule has 0 aromatic carbocycles. The molecule has 3 heterocycles. The monoisotopic (exact) mass is 236 g/mol. The molecule has 0 spiro atoms. The van der Waals surface area contributed by atoms with Gasteiger partial charge in [-0.2, -0.15) is 0 Å². The lowest BCUT2D eigenvalue weighted by Gasteiger charge is -2.21. The van der Waals surface area contributed by atoms with E-state index >= 15 is 0 Å². The van der Waals surface area contributed by atoms with E-state index in [-0.39, 0.29) is 0 Å². The second-order valence-electron chi connectivity index (χ2n) is 5.00. The minimum Gasteiger partial charge on any atom is -0.447 e. The van der Waals surface area contributed by atoms with Crippen LogP contribution in [0.2, 0.25) is 0 Å². The van der Waals surface area contributed by atoms with Crippen molar-refractivity contribution in [2.45, 2.75) is 44.1 Å². The van der Waals surface area contributed by atoms with E-state index in [9.17, 15) is 0 Å². The molecule has 0 aliphatic carbocycles. The molecule has 1 aromatic heterocycles. The van der Waals surface area contributed by atoms with Crippen LogP contribution in [0.15, 0.2) is 10.7 Å². The molecule has 1 atom stereocenters. The van der Waals surface area contributed by atoms with Gasteiger partial charge >= 0.3 is 0 Å². The maximum absolute atomic E-state index is 5.64. The Bertz CT molecular complexity index is 320. The van der Waals surface area contributed by atoms with E-state index in [2.05, 4.69) is 10.3 Å². The third-order valence-corrected chi connectivity index (χ3v) is 3.79. The predicted molar refractivity (Wildman–Crippen MR) is 63.9 cm³/mol. The highest BCUT2D eigenvalue weighted by atomic mass is 16.5. The molecule has 3 rings (SSSR count). The van der Waals surface area contributed by atoms with Crippen LogP contribution in [0.3, 0.4) is 0 Å². The highest BCUT2D eigenvalue weighted by Gasteiger charge is 2.23. The smallest absolute Gasteiger partial charge is 0.211 e. The summed E-state index contributed by atoms with van der Waals surface area (Å²) in [5.41, 5.74) is 1.12. The molecule has 1 aromatic rings. The van der Waals surface area contributed by atoms with E-state index in [0.717, 1.165) is 50.6 Å². The van der Waals surface area contributed by atoms with E-state index < -0.39 is 0 Å². The summed E-state index contributed by atoms with van der Waals surface area (Å²) in [7, 11) is 0. The van der Waals surface area contributed by atoms with Gasteiger partial charge in [-0.3, -0.25) is 0 Å². The van der Waals surface area contributed by atoms with Crippen LogP contribution in [0.1, 0.15) is 55.6 Å². The summed E-state index contributed by atoms with van der Waals surface area (Å²) in [4.78, 5) is 4.67. The first kappa shape index (κ1) is 11.2. The van der Waals surface area contributed by atoms with E-state index in [0.29, 0.717) is 12.0 Å². The Morgan fingerprint density at radius 3 is 2.82 bits per heavy atom. The van der Waals surface area contributed by atoms with E-state index in [1.807, 2.05) is 6.26 Å². The van der Waals surface area contributed by atoms with Gasteiger partial charge in [0.2, 0.25) is 5.89 Å². The van der Waals surface area contributed by atoms with E-state index in [4.69, 9.17) is 9.15 Å². The van der Waals surface area contributed by atoms with Gasteiger partial charge in [0.1, 0.15) is 6.26 Å². The van der Waals surface area contributed by atoms with Gasteiger partial charge < -0.3 is 14.5 Å². The number of nitrogens with one attached hydrogen (secondary N) is 1. The van der Waals surface area contributed by atoms with Crippen LogP contribution >= 0.6 is 0 Å². The molecule has 0 saturated carbocycles. The zero-order valence-corrected chi connectivity index (χ0v) is 10.2. The Morgan fingerprint density at radius 1 is 1.18 bits per heavy atom. The largest absolute Gasteiger partial charge is 0.447 e. The molecule has 2 saturated heterocycles. The number of hydrogen-bond acceptors (Lipinski definition) is 4. The van der Waals surface area contributed by atoms with Crippen LogP contribution in [0, 0.1) is 0 Å². The van der Waals surface area contributed by atoms with Gasteiger partial charge in [-0.15, -0.1) is 0 Å². The van der Waals surface area contributed by atoms with Crippen molar-refractivity contribution in [1.82, 2.24) is 10.3 Å². The maximum atomic E-state index is 5.64. The van der Waals surface area contributed by atoms with Gasteiger partial charge in [0.05, 0.1) is 11.7 Å². The quantitative estimate of drug-likeness (QED) is 0.856.